The second kappa shape index (κ2) is 6.58. The molecule has 23 heavy (non-hydrogen) atoms. The van der Waals surface area contributed by atoms with Crippen molar-refractivity contribution in [3.8, 4) is 12.3 Å². The molecule has 3 nitrogen and oxygen atoms in total. The molecular weight excluding hydrogens is 286 g/mol. The molecule has 0 unspecified atom stereocenters. The van der Waals surface area contributed by atoms with Crippen LogP contribution in [0.15, 0.2) is 60.7 Å². The van der Waals surface area contributed by atoms with E-state index < -0.39 is 5.60 Å². The maximum Gasteiger partial charge on any atom is 0.411 e. The van der Waals surface area contributed by atoms with E-state index in [1.54, 1.807) is 4.90 Å². The van der Waals surface area contributed by atoms with Crippen molar-refractivity contribution in [1.29, 1.82) is 0 Å². The van der Waals surface area contributed by atoms with Gasteiger partial charge in [0.15, 0.2) is 0 Å². The number of carbonyl (C=O) groups is 1. The van der Waals surface area contributed by atoms with Gasteiger partial charge in [-0.15, -0.1) is 6.42 Å². The summed E-state index contributed by atoms with van der Waals surface area (Å²) in [5.41, 5.74) is 0.352. The summed E-state index contributed by atoms with van der Waals surface area (Å²) in [6, 6.07) is 19.0. The second-order valence-electron chi connectivity index (χ2n) is 5.62. The van der Waals surface area contributed by atoms with Crippen LogP contribution < -0.4 is 0 Å². The molecule has 0 aromatic heterocycles. The first-order chi connectivity index (χ1) is 11.3. The van der Waals surface area contributed by atoms with Crippen LogP contribution in [0.5, 0.6) is 0 Å². The average Bonchev–Trinajstić information content (AvgIpc) is 3.16. The smallest absolute Gasteiger partial charge is 0.411 e. The van der Waals surface area contributed by atoms with Gasteiger partial charge in [0.2, 0.25) is 5.60 Å². The molecule has 0 saturated carbocycles. The number of hydrogen-bond acceptors (Lipinski definition) is 2. The van der Waals surface area contributed by atoms with Gasteiger partial charge in [0.25, 0.3) is 0 Å². The van der Waals surface area contributed by atoms with E-state index in [4.69, 9.17) is 11.2 Å². The SMILES string of the molecule is C#CC(OC(=O)N1CCCC1)(c1ccccc1)c1ccccc1. The number of amides is 1. The molecule has 0 aliphatic carbocycles. The molecule has 1 heterocycles. The Hall–Kier alpha value is -2.73. The molecular formula is C20H19NO2. The zero-order valence-corrected chi connectivity index (χ0v) is 12.9. The van der Waals surface area contributed by atoms with Gasteiger partial charge in [0.1, 0.15) is 0 Å². The van der Waals surface area contributed by atoms with Crippen LogP contribution >= 0.6 is 0 Å². The van der Waals surface area contributed by atoms with E-state index in [1.165, 1.54) is 0 Å². The lowest BCUT2D eigenvalue weighted by atomic mass is 9.87. The van der Waals surface area contributed by atoms with Gasteiger partial charge in [-0.05, 0) is 18.8 Å². The Morgan fingerprint density at radius 1 is 0.957 bits per heavy atom. The number of likely N-dealkylation sites (tertiary alicyclic amines) is 1. The number of terminal acetylenes is 1. The highest BCUT2D eigenvalue weighted by Gasteiger charge is 2.38. The highest BCUT2D eigenvalue weighted by Crippen LogP contribution is 2.34. The average molecular weight is 305 g/mol. The summed E-state index contributed by atoms with van der Waals surface area (Å²) in [5, 5.41) is 0. The van der Waals surface area contributed by atoms with Crippen LogP contribution in [0.3, 0.4) is 0 Å². The number of nitrogens with zero attached hydrogens (tertiary/aromatic N) is 1. The van der Waals surface area contributed by atoms with Gasteiger partial charge < -0.3 is 9.64 Å². The van der Waals surface area contributed by atoms with Crippen LogP contribution in [-0.4, -0.2) is 24.1 Å². The number of hydrogen-bond donors (Lipinski definition) is 0. The molecule has 0 spiro atoms. The number of carbonyl (C=O) groups excluding carboxylic acids is 1. The van der Waals surface area contributed by atoms with Crippen LogP contribution in [0, 0.1) is 12.3 Å². The van der Waals surface area contributed by atoms with Crippen molar-refractivity contribution < 1.29 is 9.53 Å². The van der Waals surface area contributed by atoms with E-state index >= 15 is 0 Å². The highest BCUT2D eigenvalue weighted by molar-refractivity contribution is 5.70. The molecule has 0 radical (unpaired) electrons. The van der Waals surface area contributed by atoms with E-state index in [-0.39, 0.29) is 6.09 Å². The molecule has 0 N–H and O–H groups in total. The third-order valence-corrected chi connectivity index (χ3v) is 4.17. The summed E-state index contributed by atoms with van der Waals surface area (Å²) in [6.45, 7) is 1.45. The molecule has 3 heteroatoms. The molecule has 2 aromatic rings. The van der Waals surface area contributed by atoms with Crippen LogP contribution in [-0.2, 0) is 10.3 Å². The van der Waals surface area contributed by atoms with Gasteiger partial charge in [-0.25, -0.2) is 4.79 Å². The first-order valence-electron chi connectivity index (χ1n) is 7.83. The standard InChI is InChI=1S/C20H19NO2/c1-2-20(17-11-5-3-6-12-17,18-13-7-4-8-14-18)23-19(22)21-15-9-10-16-21/h1,3-8,11-14H,9-10,15-16H2. The predicted octanol–water partition coefficient (Wildman–Crippen LogP) is 3.80. The van der Waals surface area contributed by atoms with E-state index in [0.29, 0.717) is 0 Å². The minimum atomic E-state index is -1.21. The zero-order valence-electron chi connectivity index (χ0n) is 12.9. The predicted molar refractivity (Wildman–Crippen MR) is 89.8 cm³/mol. The van der Waals surface area contributed by atoms with E-state index in [2.05, 4.69) is 5.92 Å². The van der Waals surface area contributed by atoms with Crippen molar-refractivity contribution >= 4 is 6.09 Å². The molecule has 3 rings (SSSR count). The quantitative estimate of drug-likeness (QED) is 0.807. The molecule has 2 aromatic carbocycles. The fourth-order valence-corrected chi connectivity index (χ4v) is 2.92. The number of ether oxygens (including phenoxy) is 1. The Morgan fingerprint density at radius 2 is 1.43 bits per heavy atom. The first-order valence-corrected chi connectivity index (χ1v) is 7.83. The summed E-state index contributed by atoms with van der Waals surface area (Å²) >= 11 is 0. The fourth-order valence-electron chi connectivity index (χ4n) is 2.92. The molecule has 1 aliphatic rings. The van der Waals surface area contributed by atoms with Crippen molar-refractivity contribution in [2.75, 3.05) is 13.1 Å². The van der Waals surface area contributed by atoms with E-state index in [0.717, 1.165) is 37.1 Å². The normalized spacial score (nSPS) is 14.3. The van der Waals surface area contributed by atoms with Gasteiger partial charge in [0.05, 0.1) is 0 Å². The topological polar surface area (TPSA) is 29.5 Å². The number of rotatable bonds is 3. The van der Waals surface area contributed by atoms with Gasteiger partial charge in [-0.1, -0.05) is 60.7 Å². The summed E-state index contributed by atoms with van der Waals surface area (Å²) in [7, 11) is 0. The monoisotopic (exact) mass is 305 g/mol. The Kier molecular flexibility index (Phi) is 4.34. The summed E-state index contributed by atoms with van der Waals surface area (Å²) in [5.74, 6) is 2.73. The molecule has 1 amide bonds. The van der Waals surface area contributed by atoms with Crippen molar-refractivity contribution in [2.24, 2.45) is 0 Å². The van der Waals surface area contributed by atoms with Crippen LogP contribution in [0.25, 0.3) is 0 Å². The van der Waals surface area contributed by atoms with Crippen molar-refractivity contribution in [3.63, 3.8) is 0 Å². The maximum atomic E-state index is 12.6. The van der Waals surface area contributed by atoms with Gasteiger partial charge in [-0.2, -0.15) is 0 Å². The molecule has 1 saturated heterocycles. The lowest BCUT2D eigenvalue weighted by Gasteiger charge is -2.31. The van der Waals surface area contributed by atoms with Crippen LogP contribution in [0.4, 0.5) is 4.79 Å². The summed E-state index contributed by atoms with van der Waals surface area (Å²) < 4.78 is 5.89. The molecule has 116 valence electrons. The van der Waals surface area contributed by atoms with Crippen molar-refractivity contribution in [3.05, 3.63) is 71.8 Å². The van der Waals surface area contributed by atoms with Crippen LogP contribution in [0.1, 0.15) is 24.0 Å². The summed E-state index contributed by atoms with van der Waals surface area (Å²) in [6.07, 6.45) is 7.54. The third-order valence-electron chi connectivity index (χ3n) is 4.17. The van der Waals surface area contributed by atoms with E-state index in [1.807, 2.05) is 60.7 Å². The Morgan fingerprint density at radius 3 is 1.87 bits per heavy atom. The molecule has 1 aliphatic heterocycles. The Balaban J connectivity index is 2.03. The zero-order chi connectivity index (χ0) is 16.1. The highest BCUT2D eigenvalue weighted by atomic mass is 16.6. The van der Waals surface area contributed by atoms with Crippen molar-refractivity contribution in [2.45, 2.75) is 18.4 Å². The summed E-state index contributed by atoms with van der Waals surface area (Å²) in [4.78, 5) is 14.3. The minimum Gasteiger partial charge on any atom is -0.421 e. The maximum absolute atomic E-state index is 12.6. The third kappa shape index (κ3) is 2.93. The van der Waals surface area contributed by atoms with Gasteiger partial charge in [-0.3, -0.25) is 0 Å². The number of benzene rings is 2. The molecule has 0 atom stereocenters. The van der Waals surface area contributed by atoms with Gasteiger partial charge >= 0.3 is 6.09 Å². The molecule has 1 fully saturated rings. The van der Waals surface area contributed by atoms with Crippen LogP contribution in [0.2, 0.25) is 0 Å². The van der Waals surface area contributed by atoms with E-state index in [9.17, 15) is 4.79 Å². The largest absolute Gasteiger partial charge is 0.421 e. The second-order valence-corrected chi connectivity index (χ2v) is 5.62. The first kappa shape index (κ1) is 15.2. The Bertz CT molecular complexity index is 658. The Labute approximate surface area is 136 Å². The fraction of sp³-hybridized carbons (Fsp3) is 0.250. The van der Waals surface area contributed by atoms with Crippen molar-refractivity contribution in [1.82, 2.24) is 4.90 Å². The molecule has 0 bridgehead atoms. The lowest BCUT2D eigenvalue weighted by molar-refractivity contribution is 0.0512. The minimum absolute atomic E-state index is 0.354. The van der Waals surface area contributed by atoms with Gasteiger partial charge in [0, 0.05) is 24.2 Å². The lowest BCUT2D eigenvalue weighted by Crippen LogP contribution is -2.38.